The Morgan fingerprint density at radius 3 is 2.82 bits per heavy atom. The summed E-state index contributed by atoms with van der Waals surface area (Å²) >= 11 is 7.37. The van der Waals surface area contributed by atoms with Crippen molar-refractivity contribution in [3.63, 3.8) is 0 Å². The van der Waals surface area contributed by atoms with Gasteiger partial charge in [0.25, 0.3) is 0 Å². The summed E-state index contributed by atoms with van der Waals surface area (Å²) in [4.78, 5) is 27.0. The van der Waals surface area contributed by atoms with Crippen LogP contribution in [0.25, 0.3) is 11.2 Å². The Balaban J connectivity index is 1.45. The van der Waals surface area contributed by atoms with Crippen molar-refractivity contribution in [1.29, 1.82) is 0 Å². The molecule has 2 saturated carbocycles. The molecule has 0 aromatic carbocycles. The second-order valence-electron chi connectivity index (χ2n) is 8.53. The standard InChI is InChI=1S/C22H19ClN6O3S/c1-24-21(32)22-8-12(22)16(17(30)18(22)31)29-9-25-15-19(26-10-2-3-10)27-14(28-20(15)29)7-5-11-4-6-13(23)33-11/h4,6,9-10,12,16,30-31H,2-3,8H2,1H3,(H,24,32)(H,26,27,28)/t12?,16-,22?/m1/s1. The molecule has 9 nitrogen and oxygen atoms in total. The number of allylic oxidation sites excluding steroid dienone is 1. The van der Waals surface area contributed by atoms with E-state index in [4.69, 9.17) is 11.6 Å². The van der Waals surface area contributed by atoms with Crippen molar-refractivity contribution in [1.82, 2.24) is 24.8 Å². The number of fused-ring (bicyclic) bond motifs is 2. The molecule has 2 unspecified atom stereocenters. The molecule has 3 heterocycles. The highest BCUT2D eigenvalue weighted by molar-refractivity contribution is 7.16. The smallest absolute Gasteiger partial charge is 0.234 e. The maximum absolute atomic E-state index is 12.5. The number of imidazole rings is 1. The Labute approximate surface area is 197 Å². The molecule has 4 N–H and O–H groups in total. The normalized spacial score (nSPS) is 25.5. The molecule has 0 spiro atoms. The molecule has 3 aromatic rings. The van der Waals surface area contributed by atoms with Crippen LogP contribution in [0, 0.1) is 23.2 Å². The largest absolute Gasteiger partial charge is 0.508 e. The minimum Gasteiger partial charge on any atom is -0.508 e. The van der Waals surface area contributed by atoms with E-state index in [2.05, 4.69) is 37.4 Å². The Morgan fingerprint density at radius 2 is 2.12 bits per heavy atom. The number of carbonyl (C=O) groups excluding carboxylic acids is 1. The summed E-state index contributed by atoms with van der Waals surface area (Å²) < 4.78 is 2.35. The molecule has 0 aliphatic heterocycles. The van der Waals surface area contributed by atoms with E-state index in [0.717, 1.165) is 17.7 Å². The lowest BCUT2D eigenvalue weighted by Gasteiger charge is -2.15. The fraction of sp³-hybridized carbons (Fsp3) is 0.364. The lowest BCUT2D eigenvalue weighted by atomic mass is 10.0. The first-order valence-electron chi connectivity index (χ1n) is 10.6. The molecule has 2 fully saturated rings. The molecule has 3 aromatic heterocycles. The number of hydrogen-bond donors (Lipinski definition) is 4. The van der Waals surface area contributed by atoms with Crippen LogP contribution >= 0.6 is 22.9 Å². The number of thiophene rings is 1. The van der Waals surface area contributed by atoms with E-state index in [1.807, 2.05) is 6.07 Å². The zero-order valence-electron chi connectivity index (χ0n) is 17.5. The number of hydrogen-bond acceptors (Lipinski definition) is 8. The van der Waals surface area contributed by atoms with Crippen LogP contribution in [0.15, 0.2) is 30.0 Å². The van der Waals surface area contributed by atoms with Crippen LogP contribution in [0.4, 0.5) is 5.82 Å². The quantitative estimate of drug-likeness (QED) is 0.421. The van der Waals surface area contributed by atoms with Crippen molar-refractivity contribution >= 4 is 45.8 Å². The molecule has 0 bridgehead atoms. The summed E-state index contributed by atoms with van der Waals surface area (Å²) in [6.45, 7) is 0. The molecule has 168 valence electrons. The predicted molar refractivity (Wildman–Crippen MR) is 123 cm³/mol. The topological polar surface area (TPSA) is 125 Å². The fourth-order valence-electron chi connectivity index (χ4n) is 4.61. The summed E-state index contributed by atoms with van der Waals surface area (Å²) in [7, 11) is 1.52. The molecule has 3 aliphatic carbocycles. The van der Waals surface area contributed by atoms with Crippen molar-refractivity contribution in [2.75, 3.05) is 12.4 Å². The van der Waals surface area contributed by atoms with Gasteiger partial charge in [0.15, 0.2) is 22.7 Å². The number of carbonyl (C=O) groups is 1. The van der Waals surface area contributed by atoms with Gasteiger partial charge in [-0.3, -0.25) is 4.79 Å². The van der Waals surface area contributed by atoms with E-state index in [9.17, 15) is 15.0 Å². The second-order valence-corrected chi connectivity index (χ2v) is 10.2. The molecule has 3 aliphatic rings. The molecular weight excluding hydrogens is 464 g/mol. The first kappa shape index (κ1) is 20.3. The summed E-state index contributed by atoms with van der Waals surface area (Å²) in [6.07, 6.45) is 4.12. The third-order valence-electron chi connectivity index (χ3n) is 6.48. The van der Waals surface area contributed by atoms with Crippen LogP contribution in [0.5, 0.6) is 0 Å². The van der Waals surface area contributed by atoms with E-state index in [1.165, 1.54) is 18.4 Å². The van der Waals surface area contributed by atoms with Crippen LogP contribution in [0.2, 0.25) is 4.34 Å². The molecule has 1 amide bonds. The summed E-state index contributed by atoms with van der Waals surface area (Å²) in [5.74, 6) is 5.80. The van der Waals surface area contributed by atoms with Gasteiger partial charge in [0.05, 0.1) is 15.5 Å². The van der Waals surface area contributed by atoms with Crippen LogP contribution in [0.3, 0.4) is 0 Å². The maximum Gasteiger partial charge on any atom is 0.234 e. The third kappa shape index (κ3) is 3.07. The van der Waals surface area contributed by atoms with E-state index in [1.54, 1.807) is 17.0 Å². The van der Waals surface area contributed by atoms with Crippen molar-refractivity contribution in [2.24, 2.45) is 11.3 Å². The first-order chi connectivity index (χ1) is 15.9. The summed E-state index contributed by atoms with van der Waals surface area (Å²) in [6, 6.07) is 3.30. The number of aliphatic hydroxyl groups is 2. The van der Waals surface area contributed by atoms with Crippen molar-refractivity contribution in [3.05, 3.63) is 45.0 Å². The van der Waals surface area contributed by atoms with E-state index < -0.39 is 11.5 Å². The third-order valence-corrected chi connectivity index (χ3v) is 7.63. The Bertz CT molecular complexity index is 1410. The average molecular weight is 483 g/mol. The molecule has 11 heteroatoms. The van der Waals surface area contributed by atoms with Crippen molar-refractivity contribution < 1.29 is 15.0 Å². The number of rotatable bonds is 4. The first-order valence-corrected chi connectivity index (χ1v) is 11.7. The SMILES string of the molecule is CNC(=O)C12CC1[C@@H](n1cnc3c(NC4CC4)nc(C#Cc4ccc(Cl)s4)nc31)C(O)=C2O. The van der Waals surface area contributed by atoms with Crippen molar-refractivity contribution in [3.8, 4) is 11.8 Å². The lowest BCUT2D eigenvalue weighted by Crippen LogP contribution is -2.30. The predicted octanol–water partition coefficient (Wildman–Crippen LogP) is 3.15. The molecule has 33 heavy (non-hydrogen) atoms. The van der Waals surface area contributed by atoms with E-state index in [0.29, 0.717) is 39.6 Å². The molecular formula is C22H19ClN6O3S. The minimum absolute atomic E-state index is 0.231. The monoisotopic (exact) mass is 482 g/mol. The van der Waals surface area contributed by atoms with Gasteiger partial charge in [-0.05, 0) is 43.2 Å². The van der Waals surface area contributed by atoms with Gasteiger partial charge in [0.2, 0.25) is 11.7 Å². The number of aromatic nitrogens is 4. The Kier molecular flexibility index (Phi) is 4.38. The van der Waals surface area contributed by atoms with Crippen LogP contribution in [-0.4, -0.2) is 48.7 Å². The number of nitrogens with zero attached hydrogens (tertiary/aromatic N) is 4. The second kappa shape index (κ2) is 7.10. The zero-order chi connectivity index (χ0) is 22.9. The van der Waals surface area contributed by atoms with Gasteiger partial charge in [-0.25, -0.2) is 15.0 Å². The van der Waals surface area contributed by atoms with Gasteiger partial charge in [-0.1, -0.05) is 11.6 Å². The highest BCUT2D eigenvalue weighted by Crippen LogP contribution is 2.69. The molecule has 0 radical (unpaired) electrons. The molecule has 3 atom stereocenters. The summed E-state index contributed by atoms with van der Waals surface area (Å²) in [5.41, 5.74) is -0.0638. The molecule has 6 rings (SSSR count). The lowest BCUT2D eigenvalue weighted by molar-refractivity contribution is -0.125. The van der Waals surface area contributed by atoms with E-state index >= 15 is 0 Å². The zero-order valence-corrected chi connectivity index (χ0v) is 19.0. The summed E-state index contributed by atoms with van der Waals surface area (Å²) in [5, 5.41) is 27.3. The van der Waals surface area contributed by atoms with Crippen LogP contribution in [0.1, 0.15) is 36.0 Å². The highest BCUT2D eigenvalue weighted by atomic mass is 35.5. The highest BCUT2D eigenvalue weighted by Gasteiger charge is 2.72. The number of amides is 1. The molecule has 0 saturated heterocycles. The fourth-order valence-corrected chi connectivity index (χ4v) is 5.51. The Hall–Kier alpha value is -3.29. The van der Waals surface area contributed by atoms with Gasteiger partial charge in [0, 0.05) is 19.0 Å². The van der Waals surface area contributed by atoms with Gasteiger partial charge in [-0.15, -0.1) is 11.3 Å². The van der Waals surface area contributed by atoms with Gasteiger partial charge >= 0.3 is 0 Å². The van der Waals surface area contributed by atoms with Crippen LogP contribution < -0.4 is 10.6 Å². The van der Waals surface area contributed by atoms with Gasteiger partial charge in [0.1, 0.15) is 17.2 Å². The Morgan fingerprint density at radius 1 is 1.30 bits per heavy atom. The maximum atomic E-state index is 12.5. The number of halogens is 1. The number of aliphatic hydroxyl groups excluding tert-OH is 2. The number of anilines is 1. The minimum atomic E-state index is -1.09. The van der Waals surface area contributed by atoms with Gasteiger partial charge in [-0.2, -0.15) is 0 Å². The average Bonchev–Trinajstić information content (AvgIpc) is 3.66. The van der Waals surface area contributed by atoms with Crippen molar-refractivity contribution in [2.45, 2.75) is 31.3 Å². The van der Waals surface area contributed by atoms with Gasteiger partial charge < -0.3 is 25.4 Å². The van der Waals surface area contributed by atoms with Crippen LogP contribution in [-0.2, 0) is 4.79 Å². The number of nitrogens with one attached hydrogen (secondary N) is 2. The van der Waals surface area contributed by atoms with E-state index in [-0.39, 0.29) is 23.3 Å².